The zero-order chi connectivity index (χ0) is 28.5. The van der Waals surface area contributed by atoms with Crippen molar-refractivity contribution in [3.63, 3.8) is 0 Å². The monoisotopic (exact) mass is 560 g/mol. The first kappa shape index (κ1) is 27.3. The second-order valence-corrected chi connectivity index (χ2v) is 11.1. The van der Waals surface area contributed by atoms with Crippen LogP contribution in [-0.4, -0.2) is 68.8 Å². The highest BCUT2D eigenvalue weighted by atomic mass is 19.2. The Morgan fingerprint density at radius 1 is 1.12 bits per heavy atom. The Balaban J connectivity index is 1.26. The normalized spacial score (nSPS) is 21.0. The molecule has 0 aliphatic carbocycles. The summed E-state index contributed by atoms with van der Waals surface area (Å²) in [6.07, 6.45) is 5.99. The van der Waals surface area contributed by atoms with Gasteiger partial charge < -0.3 is 10.1 Å². The Bertz CT molecular complexity index is 1530. The predicted octanol–water partition coefficient (Wildman–Crippen LogP) is 4.17. The summed E-state index contributed by atoms with van der Waals surface area (Å²) in [5.74, 6) is -2.09. The number of halogens is 2. The second kappa shape index (κ2) is 11.5. The number of nitrogens with one attached hydrogen (secondary N) is 1. The maximum absolute atomic E-state index is 14.2. The molecule has 2 fully saturated rings. The zero-order valence-corrected chi connectivity index (χ0v) is 23.3. The van der Waals surface area contributed by atoms with Crippen LogP contribution in [0.1, 0.15) is 35.6 Å². The number of benzene rings is 2. The lowest BCUT2D eigenvalue weighted by Crippen LogP contribution is -2.41. The molecule has 3 atom stereocenters. The fraction of sp³-hybridized carbons (Fsp3) is 0.387. The Morgan fingerprint density at radius 3 is 2.66 bits per heavy atom. The molecule has 2 saturated heterocycles. The largest absolute Gasteiger partial charge is 0.377 e. The van der Waals surface area contributed by atoms with Gasteiger partial charge in [-0.05, 0) is 55.2 Å². The van der Waals surface area contributed by atoms with Crippen LogP contribution in [0.2, 0.25) is 0 Å². The van der Waals surface area contributed by atoms with Crippen molar-refractivity contribution in [2.45, 2.75) is 44.2 Å². The van der Waals surface area contributed by atoms with Gasteiger partial charge in [0.25, 0.3) is 0 Å². The van der Waals surface area contributed by atoms with Gasteiger partial charge >= 0.3 is 0 Å². The van der Waals surface area contributed by atoms with Crippen molar-refractivity contribution in [2.75, 3.05) is 26.2 Å². The van der Waals surface area contributed by atoms with E-state index < -0.39 is 11.6 Å². The molecule has 6 rings (SSSR count). The number of carbonyl (C=O) groups is 1. The molecule has 1 unspecified atom stereocenters. The van der Waals surface area contributed by atoms with E-state index in [1.54, 1.807) is 16.9 Å². The molecule has 2 aliphatic rings. The molecule has 214 valence electrons. The molecule has 2 aromatic heterocycles. The number of likely N-dealkylation sites (tertiary alicyclic amines) is 1. The molecule has 4 aromatic rings. The van der Waals surface area contributed by atoms with E-state index >= 15 is 0 Å². The van der Waals surface area contributed by atoms with E-state index in [-0.39, 0.29) is 30.4 Å². The minimum atomic E-state index is -0.879. The van der Waals surface area contributed by atoms with Gasteiger partial charge in [0.1, 0.15) is 0 Å². The maximum Gasteiger partial charge on any atom is 0.226 e. The molecule has 0 bridgehead atoms. The van der Waals surface area contributed by atoms with Gasteiger partial charge in [0.2, 0.25) is 5.91 Å². The lowest BCUT2D eigenvalue weighted by atomic mass is 9.94. The van der Waals surface area contributed by atoms with Gasteiger partial charge in [-0.15, -0.1) is 0 Å². The van der Waals surface area contributed by atoms with Gasteiger partial charge in [-0.2, -0.15) is 10.2 Å². The molecule has 1 N–H and O–H groups in total. The summed E-state index contributed by atoms with van der Waals surface area (Å²) in [7, 11) is 1.86. The fourth-order valence-electron chi connectivity index (χ4n) is 6.09. The van der Waals surface area contributed by atoms with E-state index in [4.69, 9.17) is 9.84 Å². The van der Waals surface area contributed by atoms with Gasteiger partial charge in [0.05, 0.1) is 35.8 Å². The highest BCUT2D eigenvalue weighted by Crippen LogP contribution is 2.31. The van der Waals surface area contributed by atoms with E-state index in [1.165, 1.54) is 6.07 Å². The van der Waals surface area contributed by atoms with Crippen molar-refractivity contribution in [3.8, 4) is 16.9 Å². The van der Waals surface area contributed by atoms with Crippen LogP contribution in [0.15, 0.2) is 60.9 Å². The number of rotatable bonds is 8. The van der Waals surface area contributed by atoms with Crippen LogP contribution >= 0.6 is 0 Å². The van der Waals surface area contributed by atoms with Gasteiger partial charge in [-0.25, -0.2) is 13.5 Å². The Morgan fingerprint density at radius 2 is 1.95 bits per heavy atom. The summed E-state index contributed by atoms with van der Waals surface area (Å²) in [4.78, 5) is 15.9. The zero-order valence-electron chi connectivity index (χ0n) is 23.3. The summed E-state index contributed by atoms with van der Waals surface area (Å²) in [5.41, 5.74) is 4.87. The van der Waals surface area contributed by atoms with E-state index in [1.807, 2.05) is 55.2 Å². The molecule has 0 saturated carbocycles. The second-order valence-electron chi connectivity index (χ2n) is 11.1. The number of aryl methyl sites for hydroxylation is 1. The summed E-state index contributed by atoms with van der Waals surface area (Å²) >= 11 is 0. The maximum atomic E-state index is 14.2. The number of hydrogen-bond donors (Lipinski definition) is 1. The first-order valence-electron chi connectivity index (χ1n) is 14.1. The summed E-state index contributed by atoms with van der Waals surface area (Å²) in [6, 6.07) is 13.5. The van der Waals surface area contributed by atoms with E-state index in [0.717, 1.165) is 60.3 Å². The lowest BCUT2D eigenvalue weighted by molar-refractivity contribution is -0.121. The van der Waals surface area contributed by atoms with Crippen molar-refractivity contribution < 1.29 is 18.3 Å². The number of para-hydroxylation sites is 1. The van der Waals surface area contributed by atoms with Crippen molar-refractivity contribution >= 4 is 5.91 Å². The molecule has 2 aliphatic heterocycles. The summed E-state index contributed by atoms with van der Waals surface area (Å²) in [5, 5.41) is 12.4. The fourth-order valence-corrected chi connectivity index (χ4v) is 6.09. The highest BCUT2D eigenvalue weighted by Gasteiger charge is 2.37. The molecule has 8 nitrogen and oxygen atoms in total. The molecule has 4 heterocycles. The van der Waals surface area contributed by atoms with Crippen LogP contribution in [0.5, 0.6) is 0 Å². The minimum absolute atomic E-state index is 0.112. The molecular weight excluding hydrogens is 526 g/mol. The third-order valence-corrected chi connectivity index (χ3v) is 8.15. The average Bonchev–Trinajstić information content (AvgIpc) is 3.76. The molecule has 2 aromatic carbocycles. The van der Waals surface area contributed by atoms with Crippen molar-refractivity contribution in [1.29, 1.82) is 0 Å². The quantitative estimate of drug-likeness (QED) is 0.350. The van der Waals surface area contributed by atoms with Crippen LogP contribution < -0.4 is 5.32 Å². The molecule has 41 heavy (non-hydrogen) atoms. The van der Waals surface area contributed by atoms with E-state index in [9.17, 15) is 13.6 Å². The minimum Gasteiger partial charge on any atom is -0.377 e. The molecular formula is C31H34F2N6O2. The molecule has 0 radical (unpaired) electrons. The lowest BCUT2D eigenvalue weighted by Gasteiger charge is -2.21. The first-order chi connectivity index (χ1) is 19.9. The van der Waals surface area contributed by atoms with Crippen LogP contribution in [0, 0.1) is 18.6 Å². The highest BCUT2D eigenvalue weighted by molar-refractivity contribution is 5.80. The first-order valence-corrected chi connectivity index (χ1v) is 14.1. The summed E-state index contributed by atoms with van der Waals surface area (Å²) < 4.78 is 37.3. The third kappa shape index (κ3) is 5.80. The van der Waals surface area contributed by atoms with Crippen molar-refractivity contribution in [3.05, 3.63) is 89.4 Å². The van der Waals surface area contributed by atoms with Crippen LogP contribution in [0.25, 0.3) is 16.9 Å². The standard InChI is InChI=1S/C31H34F2N6O2/c1-20-29(39(23-7-4-3-5-8-23)36-31(20)22-15-34-37(2)16-22)14-30(40)35-28-19-38(17-24-9-6-12-41-24)18-25(28)21-10-11-26(32)27(33)13-21/h3-5,7-8,10-11,13,15-16,24-25,28H,6,9,12,14,17-19H2,1-2H3,(H,35,40)/t24?,25-,28+/m0/s1. The number of ether oxygens (including phenoxy) is 1. The van der Waals surface area contributed by atoms with E-state index in [0.29, 0.717) is 18.7 Å². The molecule has 1 amide bonds. The third-order valence-electron chi connectivity index (χ3n) is 8.15. The van der Waals surface area contributed by atoms with Crippen molar-refractivity contribution in [1.82, 2.24) is 29.8 Å². The number of carbonyl (C=O) groups excluding carboxylic acids is 1. The topological polar surface area (TPSA) is 77.2 Å². The SMILES string of the molecule is Cc1c(-c2cnn(C)c2)nn(-c2ccccc2)c1CC(=O)N[C@@H]1CN(CC2CCCO2)C[C@H]1c1ccc(F)c(F)c1. The van der Waals surface area contributed by atoms with Crippen molar-refractivity contribution in [2.24, 2.45) is 7.05 Å². The Kier molecular flexibility index (Phi) is 7.68. The smallest absolute Gasteiger partial charge is 0.226 e. The van der Waals surface area contributed by atoms with Gasteiger partial charge in [-0.1, -0.05) is 24.3 Å². The van der Waals surface area contributed by atoms with Crippen LogP contribution in [0.3, 0.4) is 0 Å². The van der Waals surface area contributed by atoms with Gasteiger partial charge in [-0.3, -0.25) is 14.4 Å². The average molecular weight is 561 g/mol. The van der Waals surface area contributed by atoms with E-state index in [2.05, 4.69) is 15.3 Å². The number of amides is 1. The van der Waals surface area contributed by atoms with Crippen LogP contribution in [-0.2, 0) is 23.0 Å². The molecule has 0 spiro atoms. The van der Waals surface area contributed by atoms with Gasteiger partial charge in [0, 0.05) is 57.0 Å². The van der Waals surface area contributed by atoms with Gasteiger partial charge in [0.15, 0.2) is 11.6 Å². The number of nitrogens with zero attached hydrogens (tertiary/aromatic N) is 5. The van der Waals surface area contributed by atoms with Crippen LogP contribution in [0.4, 0.5) is 8.78 Å². The number of aromatic nitrogens is 4. The predicted molar refractivity (Wildman–Crippen MR) is 151 cm³/mol. The molecule has 10 heteroatoms. The summed E-state index contributed by atoms with van der Waals surface area (Å²) in [6.45, 7) is 4.72. The number of hydrogen-bond acceptors (Lipinski definition) is 5. The Hall–Kier alpha value is -3.89. The Labute approximate surface area is 237 Å².